The maximum absolute atomic E-state index is 4.51. The molecular weight excluding hydrogens is 174 g/mol. The van der Waals surface area contributed by atoms with E-state index in [1.165, 1.54) is 31.4 Å². The van der Waals surface area contributed by atoms with Crippen molar-refractivity contribution in [2.75, 3.05) is 12.4 Å². The van der Waals surface area contributed by atoms with Crippen molar-refractivity contribution >= 4 is 5.95 Å². The summed E-state index contributed by atoms with van der Waals surface area (Å²) in [6, 6.07) is 2.12. The van der Waals surface area contributed by atoms with E-state index in [0.717, 1.165) is 11.6 Å². The van der Waals surface area contributed by atoms with Crippen molar-refractivity contribution in [3.05, 3.63) is 17.5 Å². The van der Waals surface area contributed by atoms with Gasteiger partial charge in [0.1, 0.15) is 0 Å². The van der Waals surface area contributed by atoms with Gasteiger partial charge < -0.3 is 5.32 Å². The van der Waals surface area contributed by atoms with Gasteiger partial charge in [0.2, 0.25) is 5.95 Å². The van der Waals surface area contributed by atoms with Crippen LogP contribution in [0.2, 0.25) is 0 Å². The molecule has 0 saturated heterocycles. The number of hydrogen-bond donors (Lipinski definition) is 1. The SMILES string of the molecule is CNc1nc(C)cc(C2CCCC2)n1. The molecule has 1 aromatic rings. The molecule has 1 aliphatic rings. The van der Waals surface area contributed by atoms with Crippen molar-refractivity contribution in [2.24, 2.45) is 0 Å². The Balaban J connectivity index is 2.27. The minimum atomic E-state index is 0.670. The molecule has 3 nitrogen and oxygen atoms in total. The second-order valence-electron chi connectivity index (χ2n) is 3.99. The molecule has 14 heavy (non-hydrogen) atoms. The van der Waals surface area contributed by atoms with Gasteiger partial charge in [0.05, 0.1) is 0 Å². The molecule has 2 rings (SSSR count). The fourth-order valence-corrected chi connectivity index (χ4v) is 2.14. The van der Waals surface area contributed by atoms with Crippen LogP contribution >= 0.6 is 0 Å². The van der Waals surface area contributed by atoms with Crippen molar-refractivity contribution in [1.82, 2.24) is 9.97 Å². The van der Waals surface area contributed by atoms with Crippen molar-refractivity contribution in [1.29, 1.82) is 0 Å². The third-order valence-electron chi connectivity index (χ3n) is 2.87. The molecule has 0 spiro atoms. The molecule has 0 amide bonds. The van der Waals surface area contributed by atoms with Gasteiger partial charge in [-0.15, -0.1) is 0 Å². The van der Waals surface area contributed by atoms with Crippen molar-refractivity contribution in [3.8, 4) is 0 Å². The Morgan fingerprint density at radius 3 is 2.64 bits per heavy atom. The number of hydrogen-bond acceptors (Lipinski definition) is 3. The number of nitrogens with one attached hydrogen (secondary N) is 1. The normalized spacial score (nSPS) is 17.3. The van der Waals surface area contributed by atoms with Crippen LogP contribution in [0, 0.1) is 6.92 Å². The highest BCUT2D eigenvalue weighted by atomic mass is 15.1. The van der Waals surface area contributed by atoms with Crippen LogP contribution in [0.25, 0.3) is 0 Å². The third kappa shape index (κ3) is 1.86. The monoisotopic (exact) mass is 191 g/mol. The fraction of sp³-hybridized carbons (Fsp3) is 0.636. The van der Waals surface area contributed by atoms with Gasteiger partial charge in [0.25, 0.3) is 0 Å². The lowest BCUT2D eigenvalue weighted by atomic mass is 10.0. The summed E-state index contributed by atoms with van der Waals surface area (Å²) in [5, 5.41) is 3.01. The maximum atomic E-state index is 4.51. The molecule has 0 bridgehead atoms. The summed E-state index contributed by atoms with van der Waals surface area (Å²) < 4.78 is 0. The Hall–Kier alpha value is -1.12. The minimum Gasteiger partial charge on any atom is -0.357 e. The minimum absolute atomic E-state index is 0.670. The Morgan fingerprint density at radius 2 is 2.00 bits per heavy atom. The van der Waals surface area contributed by atoms with E-state index in [2.05, 4.69) is 21.4 Å². The van der Waals surface area contributed by atoms with Crippen LogP contribution in [0.3, 0.4) is 0 Å². The highest BCUT2D eigenvalue weighted by Gasteiger charge is 2.19. The molecule has 3 heteroatoms. The second kappa shape index (κ2) is 3.95. The van der Waals surface area contributed by atoms with Crippen molar-refractivity contribution in [3.63, 3.8) is 0 Å². The van der Waals surface area contributed by atoms with E-state index in [1.807, 2.05) is 14.0 Å². The zero-order chi connectivity index (χ0) is 9.97. The lowest BCUT2D eigenvalue weighted by Crippen LogP contribution is -2.04. The van der Waals surface area contributed by atoms with E-state index < -0.39 is 0 Å². The van der Waals surface area contributed by atoms with Gasteiger partial charge in [0.15, 0.2) is 0 Å². The Labute approximate surface area is 85.0 Å². The van der Waals surface area contributed by atoms with Gasteiger partial charge in [-0.3, -0.25) is 0 Å². The summed E-state index contributed by atoms with van der Waals surface area (Å²) in [7, 11) is 1.87. The zero-order valence-electron chi connectivity index (χ0n) is 8.88. The molecule has 1 aliphatic carbocycles. The molecule has 1 N–H and O–H groups in total. The highest BCUT2D eigenvalue weighted by Crippen LogP contribution is 2.33. The summed E-state index contributed by atoms with van der Waals surface area (Å²) in [5.41, 5.74) is 2.28. The van der Waals surface area contributed by atoms with Gasteiger partial charge >= 0.3 is 0 Å². The topological polar surface area (TPSA) is 37.8 Å². The molecule has 1 saturated carbocycles. The van der Waals surface area contributed by atoms with E-state index in [4.69, 9.17) is 0 Å². The first-order valence-corrected chi connectivity index (χ1v) is 5.33. The summed E-state index contributed by atoms with van der Waals surface area (Å²) in [4.78, 5) is 8.81. The standard InChI is InChI=1S/C11H17N3/c1-8-7-10(9-5-3-4-6-9)14-11(12-2)13-8/h7,9H,3-6H2,1-2H3,(H,12,13,14). The van der Waals surface area contributed by atoms with Crippen molar-refractivity contribution < 1.29 is 0 Å². The predicted octanol–water partition coefficient (Wildman–Crippen LogP) is 2.48. The lowest BCUT2D eigenvalue weighted by Gasteiger charge is -2.10. The first kappa shape index (κ1) is 9.44. The molecular formula is C11H17N3. The number of anilines is 1. The van der Waals surface area contributed by atoms with E-state index >= 15 is 0 Å². The average molecular weight is 191 g/mol. The molecule has 1 heterocycles. The first-order valence-electron chi connectivity index (χ1n) is 5.33. The molecule has 1 fully saturated rings. The molecule has 0 atom stereocenters. The predicted molar refractivity (Wildman–Crippen MR) is 57.5 cm³/mol. The summed E-state index contributed by atoms with van der Waals surface area (Å²) in [6.45, 7) is 2.03. The summed E-state index contributed by atoms with van der Waals surface area (Å²) >= 11 is 0. The molecule has 0 aliphatic heterocycles. The number of aromatic nitrogens is 2. The van der Waals surface area contributed by atoms with Crippen LogP contribution in [-0.2, 0) is 0 Å². The summed E-state index contributed by atoms with van der Waals surface area (Å²) in [5.74, 6) is 1.43. The van der Waals surface area contributed by atoms with Crippen LogP contribution < -0.4 is 5.32 Å². The molecule has 0 unspecified atom stereocenters. The van der Waals surface area contributed by atoms with E-state index in [0.29, 0.717) is 5.92 Å². The number of nitrogens with zero attached hydrogens (tertiary/aromatic N) is 2. The Kier molecular flexibility index (Phi) is 2.66. The molecule has 76 valence electrons. The van der Waals surface area contributed by atoms with Gasteiger partial charge in [-0.05, 0) is 25.8 Å². The highest BCUT2D eigenvalue weighted by molar-refractivity contribution is 5.28. The van der Waals surface area contributed by atoms with Gasteiger partial charge in [-0.1, -0.05) is 12.8 Å². The van der Waals surface area contributed by atoms with Crippen LogP contribution in [0.5, 0.6) is 0 Å². The fourth-order valence-electron chi connectivity index (χ4n) is 2.14. The first-order chi connectivity index (χ1) is 6.79. The van der Waals surface area contributed by atoms with E-state index in [9.17, 15) is 0 Å². The number of rotatable bonds is 2. The average Bonchev–Trinajstić information content (AvgIpc) is 2.69. The van der Waals surface area contributed by atoms with Gasteiger partial charge in [-0.2, -0.15) is 0 Å². The molecule has 0 aromatic carbocycles. The van der Waals surface area contributed by atoms with E-state index in [-0.39, 0.29) is 0 Å². The van der Waals surface area contributed by atoms with Crippen molar-refractivity contribution in [2.45, 2.75) is 38.5 Å². The van der Waals surface area contributed by atoms with Crippen LogP contribution in [0.4, 0.5) is 5.95 Å². The van der Waals surface area contributed by atoms with Crippen LogP contribution in [0.1, 0.15) is 43.0 Å². The Morgan fingerprint density at radius 1 is 1.29 bits per heavy atom. The van der Waals surface area contributed by atoms with Gasteiger partial charge in [0, 0.05) is 24.4 Å². The largest absolute Gasteiger partial charge is 0.357 e. The third-order valence-corrected chi connectivity index (χ3v) is 2.87. The Bertz CT molecular complexity index is 316. The zero-order valence-corrected chi connectivity index (χ0v) is 8.88. The van der Waals surface area contributed by atoms with Gasteiger partial charge in [-0.25, -0.2) is 9.97 Å². The quantitative estimate of drug-likeness (QED) is 0.780. The second-order valence-corrected chi connectivity index (χ2v) is 3.99. The maximum Gasteiger partial charge on any atom is 0.222 e. The molecule has 0 radical (unpaired) electrons. The molecule has 1 aromatic heterocycles. The smallest absolute Gasteiger partial charge is 0.222 e. The van der Waals surface area contributed by atoms with Crippen LogP contribution in [0.15, 0.2) is 6.07 Å². The lowest BCUT2D eigenvalue weighted by molar-refractivity contribution is 0.693. The number of aryl methyl sites for hydroxylation is 1. The van der Waals surface area contributed by atoms with E-state index in [1.54, 1.807) is 0 Å². The van der Waals surface area contributed by atoms with Crippen LogP contribution in [-0.4, -0.2) is 17.0 Å². The summed E-state index contributed by atoms with van der Waals surface area (Å²) in [6.07, 6.45) is 5.28.